The summed E-state index contributed by atoms with van der Waals surface area (Å²) in [7, 11) is 1.70. The van der Waals surface area contributed by atoms with E-state index in [1.54, 1.807) is 7.11 Å². The summed E-state index contributed by atoms with van der Waals surface area (Å²) >= 11 is 0. The summed E-state index contributed by atoms with van der Waals surface area (Å²) in [5.74, 6) is 2.16. The maximum absolute atomic E-state index is 9.63. The minimum absolute atomic E-state index is 0.195. The van der Waals surface area contributed by atoms with Crippen LogP contribution in [-0.4, -0.2) is 32.0 Å². The highest BCUT2D eigenvalue weighted by Gasteiger charge is 2.24. The fraction of sp³-hybridized carbons (Fsp3) is 0.625. The van der Waals surface area contributed by atoms with Crippen molar-refractivity contribution in [1.82, 2.24) is 0 Å². The molecule has 1 aromatic rings. The maximum Gasteiger partial charge on any atom is 0.122 e. The van der Waals surface area contributed by atoms with Gasteiger partial charge in [0.15, 0.2) is 0 Å². The zero-order chi connectivity index (χ0) is 13.8. The van der Waals surface area contributed by atoms with Crippen molar-refractivity contribution < 1.29 is 14.6 Å². The van der Waals surface area contributed by atoms with E-state index < -0.39 is 0 Å². The molecule has 0 spiro atoms. The number of benzene rings is 1. The molecule has 1 fully saturated rings. The predicted octanol–water partition coefficient (Wildman–Crippen LogP) is 2.93. The van der Waals surface area contributed by atoms with E-state index >= 15 is 0 Å². The van der Waals surface area contributed by atoms with Crippen molar-refractivity contribution in [1.29, 1.82) is 0 Å². The number of aliphatic hydroxyl groups is 1. The van der Waals surface area contributed by atoms with Crippen LogP contribution in [0.15, 0.2) is 18.2 Å². The Kier molecular flexibility index (Phi) is 4.83. The molecule has 1 heterocycles. The van der Waals surface area contributed by atoms with Crippen LogP contribution in [0.3, 0.4) is 0 Å². The Morgan fingerprint density at radius 3 is 2.58 bits per heavy atom. The van der Waals surface area contributed by atoms with Gasteiger partial charge in [-0.1, -0.05) is 26.0 Å². The van der Waals surface area contributed by atoms with Gasteiger partial charge in [0.2, 0.25) is 0 Å². The molecule has 0 radical (unpaired) electrons. The number of aliphatic hydroxyl groups excluding tert-OH is 1. The van der Waals surface area contributed by atoms with E-state index in [-0.39, 0.29) is 12.5 Å². The van der Waals surface area contributed by atoms with Gasteiger partial charge in [0.25, 0.3) is 0 Å². The number of methoxy groups -OCH3 is 1. The van der Waals surface area contributed by atoms with Crippen LogP contribution in [-0.2, 0) is 4.74 Å². The van der Waals surface area contributed by atoms with Gasteiger partial charge < -0.3 is 14.6 Å². The van der Waals surface area contributed by atoms with Crippen LogP contribution >= 0.6 is 0 Å². The molecule has 1 unspecified atom stereocenters. The number of hydrogen-bond acceptors (Lipinski definition) is 3. The SMILES string of the molecule is COc1ccc(C(CO)CC2COC2)cc1C(C)C. The predicted molar refractivity (Wildman–Crippen MR) is 75.8 cm³/mol. The lowest BCUT2D eigenvalue weighted by atomic mass is 9.86. The molecule has 0 bridgehead atoms. The molecular weight excluding hydrogens is 240 g/mol. The maximum atomic E-state index is 9.63. The topological polar surface area (TPSA) is 38.7 Å². The molecule has 0 amide bonds. The lowest BCUT2D eigenvalue weighted by molar-refractivity contribution is -0.0405. The van der Waals surface area contributed by atoms with E-state index in [9.17, 15) is 5.11 Å². The van der Waals surface area contributed by atoms with Gasteiger partial charge in [0, 0.05) is 18.4 Å². The Bertz CT molecular complexity index is 410. The van der Waals surface area contributed by atoms with Gasteiger partial charge in [-0.3, -0.25) is 0 Å². The third kappa shape index (κ3) is 3.28. The summed E-state index contributed by atoms with van der Waals surface area (Å²) in [5, 5.41) is 9.63. The fourth-order valence-electron chi connectivity index (χ4n) is 2.60. The Hall–Kier alpha value is -1.06. The van der Waals surface area contributed by atoms with Crippen LogP contribution < -0.4 is 4.74 Å². The Balaban J connectivity index is 2.19. The highest BCUT2D eigenvalue weighted by molar-refractivity contribution is 5.40. The monoisotopic (exact) mass is 264 g/mol. The first-order valence-corrected chi connectivity index (χ1v) is 7.02. The molecule has 106 valence electrons. The highest BCUT2D eigenvalue weighted by atomic mass is 16.5. The summed E-state index contributed by atoms with van der Waals surface area (Å²) in [6.07, 6.45) is 1.00. The molecular formula is C16H24O3. The van der Waals surface area contributed by atoms with Crippen LogP contribution in [0.4, 0.5) is 0 Å². The van der Waals surface area contributed by atoms with Crippen molar-refractivity contribution in [2.24, 2.45) is 5.92 Å². The van der Waals surface area contributed by atoms with Crippen LogP contribution in [0.25, 0.3) is 0 Å². The fourth-order valence-corrected chi connectivity index (χ4v) is 2.60. The van der Waals surface area contributed by atoms with E-state index in [0.29, 0.717) is 11.8 Å². The van der Waals surface area contributed by atoms with Crippen molar-refractivity contribution >= 4 is 0 Å². The zero-order valence-corrected chi connectivity index (χ0v) is 12.1. The minimum atomic E-state index is 0.195. The van der Waals surface area contributed by atoms with Gasteiger partial charge in [-0.2, -0.15) is 0 Å². The van der Waals surface area contributed by atoms with E-state index in [2.05, 4.69) is 26.0 Å². The van der Waals surface area contributed by atoms with Crippen LogP contribution in [0.2, 0.25) is 0 Å². The average Bonchev–Trinajstić information content (AvgIpc) is 2.37. The molecule has 1 aliphatic rings. The summed E-state index contributed by atoms with van der Waals surface area (Å²) < 4.78 is 10.6. The third-order valence-electron chi connectivity index (χ3n) is 3.89. The van der Waals surface area contributed by atoms with Crippen molar-refractivity contribution in [3.63, 3.8) is 0 Å². The summed E-state index contributed by atoms with van der Waals surface area (Å²) in [5.41, 5.74) is 2.42. The lowest BCUT2D eigenvalue weighted by Gasteiger charge is -2.29. The molecule has 2 rings (SSSR count). The van der Waals surface area contributed by atoms with Gasteiger partial charge in [-0.05, 0) is 29.5 Å². The average molecular weight is 264 g/mol. The molecule has 0 saturated carbocycles. The molecule has 0 aromatic heterocycles. The Morgan fingerprint density at radius 2 is 2.11 bits per heavy atom. The standard InChI is InChI=1S/C16H24O3/c1-11(2)15-7-13(4-5-16(15)18-3)14(8-17)6-12-9-19-10-12/h4-5,7,11-12,14,17H,6,8-10H2,1-3H3. The number of hydrogen-bond donors (Lipinski definition) is 1. The van der Waals surface area contributed by atoms with Crippen LogP contribution in [0, 0.1) is 5.92 Å². The normalized spacial score (nSPS) is 17.3. The van der Waals surface area contributed by atoms with E-state index in [1.807, 2.05) is 6.07 Å². The van der Waals surface area contributed by atoms with E-state index in [1.165, 1.54) is 11.1 Å². The van der Waals surface area contributed by atoms with E-state index in [0.717, 1.165) is 25.4 Å². The summed E-state index contributed by atoms with van der Waals surface area (Å²) in [6, 6.07) is 6.28. The van der Waals surface area contributed by atoms with Crippen molar-refractivity contribution in [2.45, 2.75) is 32.1 Å². The van der Waals surface area contributed by atoms with Gasteiger partial charge in [-0.25, -0.2) is 0 Å². The van der Waals surface area contributed by atoms with Gasteiger partial charge >= 0.3 is 0 Å². The van der Waals surface area contributed by atoms with Gasteiger partial charge in [0.1, 0.15) is 5.75 Å². The molecule has 1 aliphatic heterocycles. The van der Waals surface area contributed by atoms with Crippen LogP contribution in [0.1, 0.15) is 43.2 Å². The zero-order valence-electron chi connectivity index (χ0n) is 12.1. The first-order valence-electron chi connectivity index (χ1n) is 7.02. The number of rotatable bonds is 6. The number of ether oxygens (including phenoxy) is 2. The summed E-state index contributed by atoms with van der Waals surface area (Å²) in [6.45, 7) is 6.19. The Morgan fingerprint density at radius 1 is 1.37 bits per heavy atom. The molecule has 1 saturated heterocycles. The second-order valence-electron chi connectivity index (χ2n) is 5.67. The smallest absolute Gasteiger partial charge is 0.122 e. The second-order valence-corrected chi connectivity index (χ2v) is 5.67. The molecule has 1 atom stereocenters. The minimum Gasteiger partial charge on any atom is -0.496 e. The molecule has 3 heteroatoms. The molecule has 3 nitrogen and oxygen atoms in total. The third-order valence-corrected chi connectivity index (χ3v) is 3.89. The van der Waals surface area contributed by atoms with Crippen molar-refractivity contribution in [3.05, 3.63) is 29.3 Å². The molecule has 1 aromatic carbocycles. The van der Waals surface area contributed by atoms with Crippen LogP contribution in [0.5, 0.6) is 5.75 Å². The van der Waals surface area contributed by atoms with E-state index in [4.69, 9.17) is 9.47 Å². The largest absolute Gasteiger partial charge is 0.496 e. The summed E-state index contributed by atoms with van der Waals surface area (Å²) in [4.78, 5) is 0. The molecule has 0 aliphatic carbocycles. The lowest BCUT2D eigenvalue weighted by Crippen LogP contribution is -2.29. The quantitative estimate of drug-likeness (QED) is 0.858. The first kappa shape index (κ1) is 14.4. The van der Waals surface area contributed by atoms with Gasteiger partial charge in [-0.15, -0.1) is 0 Å². The first-order chi connectivity index (χ1) is 9.15. The van der Waals surface area contributed by atoms with Crippen molar-refractivity contribution in [2.75, 3.05) is 26.9 Å². The van der Waals surface area contributed by atoms with Gasteiger partial charge in [0.05, 0.1) is 20.3 Å². The molecule has 19 heavy (non-hydrogen) atoms. The van der Waals surface area contributed by atoms with Crippen molar-refractivity contribution in [3.8, 4) is 5.75 Å². The Labute approximate surface area is 115 Å². The highest BCUT2D eigenvalue weighted by Crippen LogP contribution is 2.33. The molecule has 1 N–H and O–H groups in total. The second kappa shape index (κ2) is 6.40.